The van der Waals surface area contributed by atoms with Gasteiger partial charge in [-0.3, -0.25) is 0 Å². The molecule has 0 saturated heterocycles. The number of methoxy groups -OCH3 is 1. The minimum atomic E-state index is 0.907. The fraction of sp³-hybridized carbons (Fsp3) is 0.333. The number of hydrogen-bond acceptors (Lipinski definition) is 2. The molecule has 2 heterocycles. The normalized spacial score (nSPS) is 14.3. The molecule has 0 spiro atoms. The van der Waals surface area contributed by atoms with Crippen LogP contribution in [0, 0.1) is 0 Å². The second kappa shape index (κ2) is 4.50. The van der Waals surface area contributed by atoms with Crippen molar-refractivity contribution in [2.45, 2.75) is 13.0 Å². The number of nitrogens with zero attached hydrogens (tertiary/aromatic N) is 1. The number of aromatic nitrogens is 1. The molecule has 3 nitrogen and oxygen atoms in total. The van der Waals surface area contributed by atoms with Gasteiger partial charge in [0.2, 0.25) is 0 Å². The minimum Gasteiger partial charge on any atom is -0.497 e. The quantitative estimate of drug-likeness (QED) is 0.875. The average Bonchev–Trinajstić information content (AvgIpc) is 2.77. The molecule has 1 N–H and O–H groups in total. The van der Waals surface area contributed by atoms with Crippen LogP contribution >= 0.6 is 0 Å². The van der Waals surface area contributed by atoms with Crippen LogP contribution in [0.1, 0.15) is 11.3 Å². The smallest absolute Gasteiger partial charge is 0.119 e. The van der Waals surface area contributed by atoms with Gasteiger partial charge in [-0.2, -0.15) is 0 Å². The van der Waals surface area contributed by atoms with Crippen molar-refractivity contribution in [1.82, 2.24) is 9.88 Å². The van der Waals surface area contributed by atoms with Crippen LogP contribution in [0.3, 0.4) is 0 Å². The molecule has 0 saturated carbocycles. The van der Waals surface area contributed by atoms with E-state index in [1.165, 1.54) is 22.5 Å². The summed E-state index contributed by atoms with van der Waals surface area (Å²) in [7, 11) is 3.85. The molecule has 0 atom stereocenters. The summed E-state index contributed by atoms with van der Waals surface area (Å²) in [5.41, 5.74) is 5.35. The fourth-order valence-electron chi connectivity index (χ4n) is 2.64. The molecule has 0 amide bonds. The Morgan fingerprint density at radius 1 is 1.28 bits per heavy atom. The van der Waals surface area contributed by atoms with Crippen molar-refractivity contribution in [3.63, 3.8) is 0 Å². The average molecular weight is 242 g/mol. The van der Waals surface area contributed by atoms with Gasteiger partial charge in [-0.15, -0.1) is 0 Å². The van der Waals surface area contributed by atoms with Crippen molar-refractivity contribution in [3.05, 3.63) is 41.6 Å². The zero-order valence-corrected chi connectivity index (χ0v) is 10.9. The third kappa shape index (κ3) is 1.81. The van der Waals surface area contributed by atoms with E-state index in [9.17, 15) is 0 Å². The maximum Gasteiger partial charge on any atom is 0.119 e. The topological polar surface area (TPSA) is 26.2 Å². The maximum absolute atomic E-state index is 5.30. The van der Waals surface area contributed by atoms with Gasteiger partial charge in [0, 0.05) is 30.5 Å². The van der Waals surface area contributed by atoms with Gasteiger partial charge in [0.05, 0.1) is 7.11 Å². The molecule has 0 fully saturated rings. The van der Waals surface area contributed by atoms with E-state index in [4.69, 9.17) is 4.74 Å². The molecular formula is C15H18N2O. The molecule has 18 heavy (non-hydrogen) atoms. The lowest BCUT2D eigenvalue weighted by molar-refractivity contribution is 0.415. The number of hydrogen-bond donors (Lipinski definition) is 1. The number of rotatable bonds is 2. The van der Waals surface area contributed by atoms with Gasteiger partial charge >= 0.3 is 0 Å². The van der Waals surface area contributed by atoms with Crippen molar-refractivity contribution < 1.29 is 4.74 Å². The molecule has 1 aliphatic heterocycles. The van der Waals surface area contributed by atoms with Gasteiger partial charge in [0.1, 0.15) is 5.75 Å². The van der Waals surface area contributed by atoms with E-state index in [0.717, 1.165) is 25.3 Å². The lowest BCUT2D eigenvalue weighted by Gasteiger charge is -2.15. The monoisotopic (exact) mass is 242 g/mol. The summed E-state index contributed by atoms with van der Waals surface area (Å²) in [6, 6.07) is 10.6. The van der Waals surface area contributed by atoms with E-state index in [1.807, 2.05) is 12.1 Å². The first-order chi connectivity index (χ1) is 8.79. The van der Waals surface area contributed by atoms with E-state index >= 15 is 0 Å². The van der Waals surface area contributed by atoms with Crippen molar-refractivity contribution in [1.29, 1.82) is 0 Å². The Hall–Kier alpha value is -1.74. The van der Waals surface area contributed by atoms with Crippen molar-refractivity contribution >= 4 is 0 Å². The molecule has 3 rings (SSSR count). The first-order valence-electron chi connectivity index (χ1n) is 6.32. The zero-order chi connectivity index (χ0) is 12.5. The van der Waals surface area contributed by atoms with Crippen molar-refractivity contribution in [3.8, 4) is 17.0 Å². The Morgan fingerprint density at radius 3 is 2.94 bits per heavy atom. The number of benzene rings is 1. The molecule has 0 radical (unpaired) electrons. The Bertz CT molecular complexity index is 572. The molecule has 3 heteroatoms. The maximum atomic E-state index is 5.30. The number of ether oxygens (including phenoxy) is 1. The second-order valence-corrected chi connectivity index (χ2v) is 4.72. The van der Waals surface area contributed by atoms with E-state index < -0.39 is 0 Å². The van der Waals surface area contributed by atoms with Crippen LogP contribution < -0.4 is 10.1 Å². The molecule has 94 valence electrons. The predicted octanol–water partition coefficient (Wildman–Crippen LogP) is 2.35. The zero-order valence-electron chi connectivity index (χ0n) is 10.9. The summed E-state index contributed by atoms with van der Waals surface area (Å²) in [5.74, 6) is 0.907. The third-order valence-corrected chi connectivity index (χ3v) is 3.68. The van der Waals surface area contributed by atoms with Gasteiger partial charge < -0.3 is 14.6 Å². The third-order valence-electron chi connectivity index (χ3n) is 3.68. The van der Waals surface area contributed by atoms with Gasteiger partial charge in [0.25, 0.3) is 0 Å². The summed E-state index contributed by atoms with van der Waals surface area (Å²) in [5, 5.41) is 3.42. The highest BCUT2D eigenvalue weighted by Gasteiger charge is 2.16. The molecule has 0 unspecified atom stereocenters. The first-order valence-corrected chi connectivity index (χ1v) is 6.32. The summed E-state index contributed by atoms with van der Waals surface area (Å²) >= 11 is 0. The van der Waals surface area contributed by atoms with Gasteiger partial charge in [-0.05, 0) is 36.7 Å². The Balaban J connectivity index is 2.08. The summed E-state index contributed by atoms with van der Waals surface area (Å²) in [4.78, 5) is 0. The van der Waals surface area contributed by atoms with Crippen LogP contribution in [0.5, 0.6) is 5.75 Å². The van der Waals surface area contributed by atoms with Gasteiger partial charge in [0.15, 0.2) is 0 Å². The summed E-state index contributed by atoms with van der Waals surface area (Å²) < 4.78 is 7.58. The molecule has 0 bridgehead atoms. The fourth-order valence-corrected chi connectivity index (χ4v) is 2.64. The summed E-state index contributed by atoms with van der Waals surface area (Å²) in [6.07, 6.45) is 1.12. The van der Waals surface area contributed by atoms with Gasteiger partial charge in [-0.25, -0.2) is 0 Å². The van der Waals surface area contributed by atoms with Crippen molar-refractivity contribution in [2.24, 2.45) is 7.05 Å². The largest absolute Gasteiger partial charge is 0.497 e. The predicted molar refractivity (Wildman–Crippen MR) is 72.8 cm³/mol. The lowest BCUT2D eigenvalue weighted by atomic mass is 10.1. The van der Waals surface area contributed by atoms with Crippen LogP contribution in [0.2, 0.25) is 0 Å². The van der Waals surface area contributed by atoms with Crippen molar-refractivity contribution in [2.75, 3.05) is 13.7 Å². The van der Waals surface area contributed by atoms with Crippen LogP contribution in [0.25, 0.3) is 11.3 Å². The number of nitrogens with one attached hydrogen (secondary N) is 1. The van der Waals surface area contributed by atoms with Crippen LogP contribution in [-0.4, -0.2) is 18.2 Å². The molecule has 1 aliphatic rings. The molecule has 1 aromatic heterocycles. The highest BCUT2D eigenvalue weighted by molar-refractivity contribution is 5.64. The Labute approximate surface area is 107 Å². The highest BCUT2D eigenvalue weighted by Crippen LogP contribution is 2.29. The molecular weight excluding hydrogens is 224 g/mol. The molecule has 2 aromatic rings. The summed E-state index contributed by atoms with van der Waals surface area (Å²) in [6.45, 7) is 2.05. The SMILES string of the molecule is COc1cccc(-c2cc3c(n2C)CNCC3)c1. The number of fused-ring (bicyclic) bond motifs is 1. The first kappa shape index (κ1) is 11.4. The highest BCUT2D eigenvalue weighted by atomic mass is 16.5. The second-order valence-electron chi connectivity index (χ2n) is 4.72. The van der Waals surface area contributed by atoms with E-state index in [0.29, 0.717) is 0 Å². The van der Waals surface area contributed by atoms with Crippen LogP contribution in [-0.2, 0) is 20.0 Å². The Kier molecular flexibility index (Phi) is 2.84. The van der Waals surface area contributed by atoms with E-state index in [1.54, 1.807) is 7.11 Å². The Morgan fingerprint density at radius 2 is 2.17 bits per heavy atom. The standard InChI is InChI=1S/C15H18N2O/c1-17-14(9-12-6-7-16-10-15(12)17)11-4-3-5-13(8-11)18-2/h3-5,8-9,16H,6-7,10H2,1-2H3. The van der Waals surface area contributed by atoms with E-state index in [-0.39, 0.29) is 0 Å². The van der Waals surface area contributed by atoms with Gasteiger partial charge in [-0.1, -0.05) is 12.1 Å². The molecule has 0 aliphatic carbocycles. The lowest BCUT2D eigenvalue weighted by Crippen LogP contribution is -2.24. The van der Waals surface area contributed by atoms with Crippen LogP contribution in [0.15, 0.2) is 30.3 Å². The van der Waals surface area contributed by atoms with E-state index in [2.05, 4.69) is 35.1 Å². The minimum absolute atomic E-state index is 0.907. The molecule has 1 aromatic carbocycles. The van der Waals surface area contributed by atoms with Crippen LogP contribution in [0.4, 0.5) is 0 Å².